The second kappa shape index (κ2) is 4.96. The molecule has 0 spiro atoms. The van der Waals surface area contributed by atoms with Gasteiger partial charge in [-0.3, -0.25) is 0 Å². The van der Waals surface area contributed by atoms with Crippen LogP contribution in [-0.2, 0) is 11.8 Å². The maximum absolute atomic E-state index is 9.87. The highest BCUT2D eigenvalue weighted by molar-refractivity contribution is 5.44. The van der Waals surface area contributed by atoms with Crippen LogP contribution in [-0.4, -0.2) is 10.2 Å². The van der Waals surface area contributed by atoms with Crippen LogP contribution in [0.1, 0.15) is 37.5 Å². The third-order valence-electron chi connectivity index (χ3n) is 3.27. The van der Waals surface area contributed by atoms with Gasteiger partial charge in [-0.05, 0) is 40.3 Å². The van der Waals surface area contributed by atoms with Gasteiger partial charge in [-0.15, -0.1) is 0 Å². The number of phenolic OH excluding ortho intramolecular Hbond substituents is 2. The van der Waals surface area contributed by atoms with Crippen LogP contribution in [0.25, 0.3) is 0 Å². The van der Waals surface area contributed by atoms with Crippen LogP contribution in [0.3, 0.4) is 0 Å². The quantitative estimate of drug-likeness (QED) is 0.853. The van der Waals surface area contributed by atoms with Crippen LogP contribution in [0.15, 0.2) is 42.5 Å². The second-order valence-corrected chi connectivity index (χ2v) is 5.90. The van der Waals surface area contributed by atoms with E-state index < -0.39 is 0 Å². The Kier molecular flexibility index (Phi) is 3.52. The molecule has 100 valence electrons. The summed E-state index contributed by atoms with van der Waals surface area (Å²) in [6.45, 7) is 6.36. The van der Waals surface area contributed by atoms with Crippen LogP contribution in [0.2, 0.25) is 0 Å². The van der Waals surface area contributed by atoms with Gasteiger partial charge >= 0.3 is 0 Å². The average Bonchev–Trinajstić information content (AvgIpc) is 2.33. The molecule has 0 aliphatic heterocycles. The Morgan fingerprint density at radius 1 is 0.895 bits per heavy atom. The Morgan fingerprint density at radius 2 is 1.58 bits per heavy atom. The van der Waals surface area contributed by atoms with Gasteiger partial charge in [0.15, 0.2) is 0 Å². The molecule has 19 heavy (non-hydrogen) atoms. The molecule has 2 N–H and O–H groups in total. The fourth-order valence-corrected chi connectivity index (χ4v) is 2.28. The first-order valence-corrected chi connectivity index (χ1v) is 6.47. The molecule has 0 amide bonds. The highest BCUT2D eigenvalue weighted by Gasteiger charge is 2.19. The Balaban J connectivity index is 2.44. The third-order valence-corrected chi connectivity index (χ3v) is 3.27. The number of rotatable bonds is 2. The molecule has 2 aromatic rings. The van der Waals surface area contributed by atoms with Gasteiger partial charge in [-0.1, -0.05) is 45.0 Å². The van der Waals surface area contributed by atoms with E-state index >= 15 is 0 Å². The Labute approximate surface area is 114 Å². The van der Waals surface area contributed by atoms with Crippen molar-refractivity contribution in [1.29, 1.82) is 0 Å². The number of phenols is 2. The smallest absolute Gasteiger partial charge is 0.119 e. The highest BCUT2D eigenvalue weighted by atomic mass is 16.3. The van der Waals surface area contributed by atoms with Crippen molar-refractivity contribution in [1.82, 2.24) is 0 Å². The maximum Gasteiger partial charge on any atom is 0.119 e. The zero-order valence-electron chi connectivity index (χ0n) is 11.6. The lowest BCUT2D eigenvalue weighted by Crippen LogP contribution is -2.14. The van der Waals surface area contributed by atoms with Crippen molar-refractivity contribution in [3.8, 4) is 11.5 Å². The van der Waals surface area contributed by atoms with Crippen molar-refractivity contribution in [2.24, 2.45) is 0 Å². The predicted octanol–water partition coefficient (Wildman–Crippen LogP) is 3.99. The minimum Gasteiger partial charge on any atom is -0.508 e. The minimum absolute atomic E-state index is 0.0432. The largest absolute Gasteiger partial charge is 0.508 e. The summed E-state index contributed by atoms with van der Waals surface area (Å²) in [5, 5.41) is 19.5. The van der Waals surface area contributed by atoms with E-state index in [1.807, 2.05) is 30.3 Å². The fourth-order valence-electron chi connectivity index (χ4n) is 2.28. The fraction of sp³-hybridized carbons (Fsp3) is 0.294. The summed E-state index contributed by atoms with van der Waals surface area (Å²) in [6.07, 6.45) is 0.666. The SMILES string of the molecule is CC(C)(C)c1cc(O)ccc1Cc1ccccc1O. The lowest BCUT2D eigenvalue weighted by atomic mass is 9.82. The molecule has 0 atom stereocenters. The van der Waals surface area contributed by atoms with Gasteiger partial charge in [0.2, 0.25) is 0 Å². The monoisotopic (exact) mass is 256 g/mol. The van der Waals surface area contributed by atoms with E-state index in [-0.39, 0.29) is 11.2 Å². The molecule has 0 aliphatic rings. The van der Waals surface area contributed by atoms with Gasteiger partial charge in [0.25, 0.3) is 0 Å². The lowest BCUT2D eigenvalue weighted by Gasteiger charge is -2.23. The molecule has 0 aromatic heterocycles. The molecule has 0 bridgehead atoms. The van der Waals surface area contributed by atoms with Gasteiger partial charge in [0, 0.05) is 6.42 Å². The zero-order valence-corrected chi connectivity index (χ0v) is 11.6. The summed E-state index contributed by atoms with van der Waals surface area (Å²) in [4.78, 5) is 0. The van der Waals surface area contributed by atoms with Crippen molar-refractivity contribution in [2.45, 2.75) is 32.6 Å². The number of hydrogen-bond acceptors (Lipinski definition) is 2. The van der Waals surface area contributed by atoms with Gasteiger partial charge in [-0.25, -0.2) is 0 Å². The average molecular weight is 256 g/mol. The molecule has 2 heteroatoms. The predicted molar refractivity (Wildman–Crippen MR) is 77.7 cm³/mol. The van der Waals surface area contributed by atoms with Gasteiger partial charge < -0.3 is 10.2 Å². The molecule has 0 aliphatic carbocycles. The van der Waals surface area contributed by atoms with Crippen LogP contribution >= 0.6 is 0 Å². The molecule has 0 unspecified atom stereocenters. The van der Waals surface area contributed by atoms with Crippen LogP contribution < -0.4 is 0 Å². The van der Waals surface area contributed by atoms with E-state index in [1.165, 1.54) is 0 Å². The van der Waals surface area contributed by atoms with Crippen molar-refractivity contribution in [2.75, 3.05) is 0 Å². The topological polar surface area (TPSA) is 40.5 Å². The van der Waals surface area contributed by atoms with Crippen LogP contribution in [0.5, 0.6) is 11.5 Å². The molecular formula is C17H20O2. The lowest BCUT2D eigenvalue weighted by molar-refractivity contribution is 0.467. The molecule has 0 radical (unpaired) electrons. The number of benzene rings is 2. The summed E-state index contributed by atoms with van der Waals surface area (Å²) in [5.41, 5.74) is 3.10. The number of para-hydroxylation sites is 1. The second-order valence-electron chi connectivity index (χ2n) is 5.90. The molecule has 0 saturated carbocycles. The van der Waals surface area contributed by atoms with Crippen LogP contribution in [0, 0.1) is 0 Å². The summed E-state index contributed by atoms with van der Waals surface area (Å²) >= 11 is 0. The summed E-state index contributed by atoms with van der Waals surface area (Å²) in [7, 11) is 0. The van der Waals surface area contributed by atoms with Gasteiger partial charge in [0.05, 0.1) is 0 Å². The zero-order chi connectivity index (χ0) is 14.0. The first kappa shape index (κ1) is 13.5. The maximum atomic E-state index is 9.87. The van der Waals surface area contributed by atoms with Crippen molar-refractivity contribution >= 4 is 0 Å². The molecule has 0 saturated heterocycles. The van der Waals surface area contributed by atoms with Gasteiger partial charge in [0.1, 0.15) is 11.5 Å². The minimum atomic E-state index is -0.0432. The first-order valence-electron chi connectivity index (χ1n) is 6.47. The Hall–Kier alpha value is -1.96. The van der Waals surface area contributed by atoms with E-state index in [4.69, 9.17) is 0 Å². The molecule has 0 fully saturated rings. The van der Waals surface area contributed by atoms with Crippen molar-refractivity contribution < 1.29 is 10.2 Å². The van der Waals surface area contributed by atoms with Crippen molar-refractivity contribution in [3.63, 3.8) is 0 Å². The van der Waals surface area contributed by atoms with E-state index in [2.05, 4.69) is 20.8 Å². The Morgan fingerprint density at radius 3 is 2.21 bits per heavy atom. The number of hydrogen-bond donors (Lipinski definition) is 2. The third kappa shape index (κ3) is 3.08. The molecular weight excluding hydrogens is 236 g/mol. The summed E-state index contributed by atoms with van der Waals surface area (Å²) in [6, 6.07) is 12.8. The Bertz CT molecular complexity index is 580. The van der Waals surface area contributed by atoms with E-state index in [0.717, 1.165) is 16.7 Å². The van der Waals surface area contributed by atoms with Gasteiger partial charge in [-0.2, -0.15) is 0 Å². The first-order chi connectivity index (χ1) is 8.88. The molecule has 2 rings (SSSR count). The van der Waals surface area contributed by atoms with E-state index in [9.17, 15) is 10.2 Å². The molecule has 2 nitrogen and oxygen atoms in total. The van der Waals surface area contributed by atoms with E-state index in [0.29, 0.717) is 12.2 Å². The molecule has 0 heterocycles. The standard InChI is InChI=1S/C17H20O2/c1-17(2,3)15-11-14(18)9-8-12(15)10-13-6-4-5-7-16(13)19/h4-9,11,18-19H,10H2,1-3H3. The van der Waals surface area contributed by atoms with E-state index in [1.54, 1.807) is 12.1 Å². The normalized spacial score (nSPS) is 11.5. The molecule has 2 aromatic carbocycles. The summed E-state index contributed by atoms with van der Waals surface area (Å²) in [5.74, 6) is 0.599. The summed E-state index contributed by atoms with van der Waals surface area (Å²) < 4.78 is 0. The highest BCUT2D eigenvalue weighted by Crippen LogP contribution is 2.31. The van der Waals surface area contributed by atoms with Crippen molar-refractivity contribution in [3.05, 3.63) is 59.2 Å². The number of aromatic hydroxyl groups is 2. The van der Waals surface area contributed by atoms with Crippen LogP contribution in [0.4, 0.5) is 0 Å².